The van der Waals surface area contributed by atoms with Gasteiger partial charge < -0.3 is 9.64 Å². The summed E-state index contributed by atoms with van der Waals surface area (Å²) in [5.41, 5.74) is 3.65. The van der Waals surface area contributed by atoms with E-state index in [4.69, 9.17) is 9.94 Å². The molecule has 1 saturated heterocycles. The van der Waals surface area contributed by atoms with Gasteiger partial charge in [-0.1, -0.05) is 24.3 Å². The van der Waals surface area contributed by atoms with Gasteiger partial charge in [0.25, 0.3) is 5.91 Å². The Labute approximate surface area is 166 Å². The summed E-state index contributed by atoms with van der Waals surface area (Å²) < 4.78 is 5.47. The number of hydrogen-bond donors (Lipinski definition) is 2. The average molecular weight is 401 g/mol. The summed E-state index contributed by atoms with van der Waals surface area (Å²) in [6.07, 6.45) is 0.814. The van der Waals surface area contributed by atoms with Gasteiger partial charge in [0, 0.05) is 30.9 Å². The van der Waals surface area contributed by atoms with E-state index in [9.17, 15) is 9.59 Å². The molecule has 1 fully saturated rings. The van der Waals surface area contributed by atoms with E-state index in [0.29, 0.717) is 38.4 Å². The van der Waals surface area contributed by atoms with Gasteiger partial charge in [-0.25, -0.2) is 10.3 Å². The molecule has 3 amide bonds. The van der Waals surface area contributed by atoms with Gasteiger partial charge in [0.05, 0.1) is 13.2 Å². The normalized spacial score (nSPS) is 14.3. The molecule has 8 heteroatoms. The third kappa shape index (κ3) is 5.07. The molecule has 0 aromatic heterocycles. The Morgan fingerprint density at radius 3 is 2.64 bits per heavy atom. The highest BCUT2D eigenvalue weighted by Gasteiger charge is 2.24. The minimum Gasteiger partial charge on any atom is -0.380 e. The van der Waals surface area contributed by atoms with Crippen molar-refractivity contribution in [1.29, 1.82) is 0 Å². The van der Waals surface area contributed by atoms with E-state index in [2.05, 4.69) is 9.24 Å². The Morgan fingerprint density at radius 2 is 1.93 bits per heavy atom. The van der Waals surface area contributed by atoms with Crippen LogP contribution >= 0.6 is 9.24 Å². The van der Waals surface area contributed by atoms with E-state index in [1.54, 1.807) is 34.6 Å². The molecular formula is C20H24N3O4P. The number of carbonyl (C=O) groups is 2. The molecule has 1 aliphatic rings. The second-order valence-electron chi connectivity index (χ2n) is 6.55. The van der Waals surface area contributed by atoms with Crippen molar-refractivity contribution in [3.63, 3.8) is 0 Å². The first-order valence-corrected chi connectivity index (χ1v) is 9.69. The smallest absolute Gasteiger partial charge is 0.324 e. The number of nitrogens with one attached hydrogen (secondary N) is 1. The van der Waals surface area contributed by atoms with E-state index in [0.717, 1.165) is 23.0 Å². The molecule has 2 aromatic carbocycles. The molecule has 148 valence electrons. The van der Waals surface area contributed by atoms with Crippen molar-refractivity contribution in [3.05, 3.63) is 59.7 Å². The molecule has 28 heavy (non-hydrogen) atoms. The van der Waals surface area contributed by atoms with Crippen molar-refractivity contribution in [2.45, 2.75) is 13.0 Å². The van der Waals surface area contributed by atoms with Gasteiger partial charge in [-0.05, 0) is 41.6 Å². The molecule has 1 aliphatic heterocycles. The van der Waals surface area contributed by atoms with Crippen LogP contribution in [0.15, 0.2) is 48.5 Å². The van der Waals surface area contributed by atoms with Crippen LogP contribution in [-0.4, -0.2) is 48.3 Å². The quantitative estimate of drug-likeness (QED) is 0.467. The molecule has 0 spiro atoms. The van der Waals surface area contributed by atoms with Crippen molar-refractivity contribution >= 4 is 32.2 Å². The second kappa shape index (κ2) is 9.64. The van der Waals surface area contributed by atoms with Crippen LogP contribution in [0, 0.1) is 0 Å². The first kappa shape index (κ1) is 20.3. The van der Waals surface area contributed by atoms with Gasteiger partial charge >= 0.3 is 6.03 Å². The van der Waals surface area contributed by atoms with Crippen LogP contribution in [0.3, 0.4) is 0 Å². The van der Waals surface area contributed by atoms with Crippen molar-refractivity contribution in [2.24, 2.45) is 0 Å². The Balaban J connectivity index is 1.85. The van der Waals surface area contributed by atoms with Crippen molar-refractivity contribution < 1.29 is 19.5 Å². The van der Waals surface area contributed by atoms with Crippen molar-refractivity contribution in [1.82, 2.24) is 10.4 Å². The highest BCUT2D eigenvalue weighted by atomic mass is 31.0. The third-order valence-corrected chi connectivity index (χ3v) is 4.92. The second-order valence-corrected chi connectivity index (χ2v) is 7.22. The maximum atomic E-state index is 13.3. The number of urea groups is 1. The molecule has 0 bridgehead atoms. The van der Waals surface area contributed by atoms with Crippen LogP contribution < -0.4 is 15.7 Å². The van der Waals surface area contributed by atoms with Gasteiger partial charge in [-0.3, -0.25) is 14.9 Å². The topological polar surface area (TPSA) is 82.1 Å². The molecule has 0 aliphatic carbocycles. The predicted octanol–water partition coefficient (Wildman–Crippen LogP) is 2.15. The number of anilines is 1. The molecule has 1 heterocycles. The lowest BCUT2D eigenvalue weighted by Crippen LogP contribution is -2.44. The SMILES string of the molecule is O=C(NO)c1ccc(CN(C(=O)N2CCCOCC2)c2cccc(P)c2)cc1. The van der Waals surface area contributed by atoms with E-state index >= 15 is 0 Å². The Hall–Kier alpha value is -2.47. The Bertz CT molecular complexity index is 820. The molecule has 2 aromatic rings. The van der Waals surface area contributed by atoms with Crippen LogP contribution in [-0.2, 0) is 11.3 Å². The summed E-state index contributed by atoms with van der Waals surface area (Å²) in [5.74, 6) is -0.570. The molecule has 1 atom stereocenters. The molecule has 1 unspecified atom stereocenters. The molecule has 0 saturated carbocycles. The number of hydrogen-bond acceptors (Lipinski definition) is 4. The van der Waals surface area contributed by atoms with Crippen LogP contribution in [0.1, 0.15) is 22.3 Å². The summed E-state index contributed by atoms with van der Waals surface area (Å²) in [6.45, 7) is 2.79. The predicted molar refractivity (Wildman–Crippen MR) is 110 cm³/mol. The van der Waals surface area contributed by atoms with Gasteiger partial charge in [-0.2, -0.15) is 0 Å². The molecule has 0 radical (unpaired) electrons. The zero-order valence-electron chi connectivity index (χ0n) is 15.5. The number of carbonyl (C=O) groups excluding carboxylic acids is 2. The summed E-state index contributed by atoms with van der Waals surface area (Å²) in [4.78, 5) is 28.3. The lowest BCUT2D eigenvalue weighted by atomic mass is 10.1. The number of rotatable bonds is 4. The minimum atomic E-state index is -0.570. The first-order valence-electron chi connectivity index (χ1n) is 9.11. The number of amides is 3. The fourth-order valence-electron chi connectivity index (χ4n) is 3.08. The summed E-state index contributed by atoms with van der Waals surface area (Å²) >= 11 is 0. The van der Waals surface area contributed by atoms with Crippen LogP contribution in [0.2, 0.25) is 0 Å². The Kier molecular flexibility index (Phi) is 6.98. The van der Waals surface area contributed by atoms with Gasteiger partial charge in [0.15, 0.2) is 0 Å². The zero-order valence-corrected chi connectivity index (χ0v) is 16.7. The number of nitrogens with zero attached hydrogens (tertiary/aromatic N) is 2. The fourth-order valence-corrected chi connectivity index (χ4v) is 3.36. The minimum absolute atomic E-state index is 0.0710. The standard InChI is InChI=1S/C20H24N3O4P/c24-19(21-26)16-7-5-15(6-8-16)14-23(17-3-1-4-18(28)13-17)20(25)22-9-2-11-27-12-10-22/h1,3-8,13,26H,2,9-12,14,28H2,(H,21,24). The molecule has 3 rings (SSSR count). The number of ether oxygens (including phenoxy) is 1. The maximum Gasteiger partial charge on any atom is 0.324 e. The zero-order chi connectivity index (χ0) is 19.9. The summed E-state index contributed by atoms with van der Waals surface area (Å²) in [6, 6.07) is 14.5. The molecule has 7 nitrogen and oxygen atoms in total. The average Bonchev–Trinajstić information content (AvgIpc) is 3.01. The third-order valence-electron chi connectivity index (χ3n) is 4.56. The van der Waals surface area contributed by atoms with Gasteiger partial charge in [0.2, 0.25) is 0 Å². The fraction of sp³-hybridized carbons (Fsp3) is 0.300. The Morgan fingerprint density at radius 1 is 1.14 bits per heavy atom. The summed E-state index contributed by atoms with van der Waals surface area (Å²) in [5, 5.41) is 9.74. The molecule has 2 N–H and O–H groups in total. The lowest BCUT2D eigenvalue weighted by Gasteiger charge is -2.30. The highest BCUT2D eigenvalue weighted by Crippen LogP contribution is 2.20. The highest BCUT2D eigenvalue weighted by molar-refractivity contribution is 7.27. The van der Waals surface area contributed by atoms with Crippen molar-refractivity contribution in [2.75, 3.05) is 31.2 Å². The number of benzene rings is 2. The van der Waals surface area contributed by atoms with Crippen LogP contribution in [0.5, 0.6) is 0 Å². The first-order chi connectivity index (χ1) is 13.6. The lowest BCUT2D eigenvalue weighted by molar-refractivity contribution is 0.0706. The number of hydroxylamine groups is 1. The van der Waals surface area contributed by atoms with Crippen LogP contribution in [0.25, 0.3) is 0 Å². The van der Waals surface area contributed by atoms with E-state index < -0.39 is 5.91 Å². The summed E-state index contributed by atoms with van der Waals surface area (Å²) in [7, 11) is 2.65. The van der Waals surface area contributed by atoms with Gasteiger partial charge in [0.1, 0.15) is 0 Å². The maximum absolute atomic E-state index is 13.3. The van der Waals surface area contributed by atoms with E-state index in [-0.39, 0.29) is 6.03 Å². The van der Waals surface area contributed by atoms with Gasteiger partial charge in [-0.15, -0.1) is 9.24 Å². The van der Waals surface area contributed by atoms with Crippen LogP contribution in [0.4, 0.5) is 10.5 Å². The van der Waals surface area contributed by atoms with E-state index in [1.807, 2.05) is 29.2 Å². The monoisotopic (exact) mass is 401 g/mol. The van der Waals surface area contributed by atoms with Crippen molar-refractivity contribution in [3.8, 4) is 0 Å². The van der Waals surface area contributed by atoms with E-state index in [1.165, 1.54) is 0 Å². The largest absolute Gasteiger partial charge is 0.380 e. The molecular weight excluding hydrogens is 377 g/mol.